The second-order valence-electron chi connectivity index (χ2n) is 7.17. The molecule has 1 atom stereocenters. The highest BCUT2D eigenvalue weighted by Crippen LogP contribution is 2.02. The van der Waals surface area contributed by atoms with Gasteiger partial charge in [-0.2, -0.15) is 4.91 Å². The number of aliphatic hydroxyl groups excluding tert-OH is 2. The number of aliphatic hydroxyl groups is 2. The summed E-state index contributed by atoms with van der Waals surface area (Å²) < 4.78 is 21.0. The smallest absolute Gasteiger partial charge is 0.135 e. The molecule has 0 aliphatic rings. The molecule has 0 aromatic rings. The Hall–Kier alpha value is -0.970. The SMILES string of the molecule is CC(C)CC(=O)CCOCCOCCOCCOCCN=O.CCCCC(O)CO. The van der Waals surface area contributed by atoms with Gasteiger partial charge in [-0.05, 0) is 12.3 Å². The first-order valence-electron chi connectivity index (χ1n) is 10.9. The van der Waals surface area contributed by atoms with Crippen LogP contribution in [0.25, 0.3) is 0 Å². The number of carbonyl (C=O) groups is 1. The summed E-state index contributed by atoms with van der Waals surface area (Å²) in [6.07, 6.45) is 3.41. The topological polar surface area (TPSA) is 124 Å². The largest absolute Gasteiger partial charge is 0.394 e. The number of nitrogens with zero attached hydrogens (tertiary/aromatic N) is 1. The molecule has 0 bridgehead atoms. The third-order valence-electron chi connectivity index (χ3n) is 3.71. The third kappa shape index (κ3) is 29.2. The second kappa shape index (κ2) is 26.1. The van der Waals surface area contributed by atoms with Crippen LogP contribution < -0.4 is 0 Å². The average molecular weight is 438 g/mol. The maximum atomic E-state index is 11.4. The van der Waals surface area contributed by atoms with Gasteiger partial charge in [0.15, 0.2) is 0 Å². The van der Waals surface area contributed by atoms with E-state index in [2.05, 4.69) is 12.1 Å². The van der Waals surface area contributed by atoms with Crippen molar-refractivity contribution in [3.63, 3.8) is 0 Å². The molecule has 1 unspecified atom stereocenters. The molecule has 0 aliphatic carbocycles. The minimum atomic E-state index is -0.491. The van der Waals surface area contributed by atoms with Crippen molar-refractivity contribution >= 4 is 5.78 Å². The van der Waals surface area contributed by atoms with Crippen LogP contribution in [0.3, 0.4) is 0 Å². The quantitative estimate of drug-likeness (QED) is 0.207. The lowest BCUT2D eigenvalue weighted by molar-refractivity contribution is -0.121. The Balaban J connectivity index is 0. The number of nitroso groups, excluding NO2 is 1. The van der Waals surface area contributed by atoms with Crippen molar-refractivity contribution in [3.8, 4) is 0 Å². The molecular formula is C21H43NO8. The summed E-state index contributed by atoms with van der Waals surface area (Å²) in [6.45, 7) is 9.86. The van der Waals surface area contributed by atoms with Crippen molar-refractivity contribution in [2.45, 2.75) is 59.0 Å². The Morgan fingerprint density at radius 2 is 1.40 bits per heavy atom. The predicted molar refractivity (Wildman–Crippen MR) is 116 cm³/mol. The molecule has 0 heterocycles. The van der Waals surface area contributed by atoms with Crippen LogP contribution in [0, 0.1) is 10.8 Å². The summed E-state index contributed by atoms with van der Waals surface area (Å²) in [6, 6.07) is 0. The van der Waals surface area contributed by atoms with E-state index in [1.807, 2.05) is 13.8 Å². The highest BCUT2D eigenvalue weighted by molar-refractivity contribution is 5.78. The zero-order chi connectivity index (χ0) is 22.9. The summed E-state index contributed by atoms with van der Waals surface area (Å²) in [7, 11) is 0. The van der Waals surface area contributed by atoms with E-state index in [1.165, 1.54) is 0 Å². The number of ketones is 1. The van der Waals surface area contributed by atoms with Gasteiger partial charge in [0.2, 0.25) is 0 Å². The van der Waals surface area contributed by atoms with Crippen molar-refractivity contribution in [2.75, 3.05) is 66.0 Å². The van der Waals surface area contributed by atoms with E-state index in [9.17, 15) is 9.70 Å². The minimum absolute atomic E-state index is 0.0972. The van der Waals surface area contributed by atoms with Crippen molar-refractivity contribution in [1.82, 2.24) is 0 Å². The van der Waals surface area contributed by atoms with Gasteiger partial charge in [0.25, 0.3) is 0 Å². The molecule has 0 fully saturated rings. The van der Waals surface area contributed by atoms with Crippen molar-refractivity contribution < 1.29 is 34.0 Å². The highest BCUT2D eigenvalue weighted by Gasteiger charge is 2.04. The summed E-state index contributed by atoms with van der Waals surface area (Å²) in [5.74, 6) is 0.651. The van der Waals surface area contributed by atoms with Crippen LogP contribution in [0.5, 0.6) is 0 Å². The molecule has 2 N–H and O–H groups in total. The molecule has 180 valence electrons. The molecule has 0 radical (unpaired) electrons. The van der Waals surface area contributed by atoms with Gasteiger partial charge in [0.1, 0.15) is 12.3 Å². The zero-order valence-corrected chi connectivity index (χ0v) is 19.1. The van der Waals surface area contributed by atoms with E-state index < -0.39 is 6.10 Å². The third-order valence-corrected chi connectivity index (χ3v) is 3.71. The number of carbonyl (C=O) groups excluding carboxylic acids is 1. The Labute approximate surface area is 181 Å². The van der Waals surface area contributed by atoms with Gasteiger partial charge >= 0.3 is 0 Å². The molecule has 30 heavy (non-hydrogen) atoms. The van der Waals surface area contributed by atoms with E-state index in [4.69, 9.17) is 29.2 Å². The molecule has 0 rings (SSSR count). The fourth-order valence-corrected chi connectivity index (χ4v) is 2.14. The van der Waals surface area contributed by atoms with Gasteiger partial charge in [-0.25, -0.2) is 0 Å². The Bertz CT molecular complexity index is 369. The first-order chi connectivity index (χ1) is 14.5. The monoisotopic (exact) mass is 437 g/mol. The van der Waals surface area contributed by atoms with Crippen LogP contribution in [0.1, 0.15) is 52.9 Å². The lowest BCUT2D eigenvalue weighted by Gasteiger charge is -2.07. The van der Waals surface area contributed by atoms with Crippen LogP contribution >= 0.6 is 0 Å². The maximum Gasteiger partial charge on any atom is 0.135 e. The molecular weight excluding hydrogens is 394 g/mol. The molecule has 0 spiro atoms. The molecule has 0 saturated carbocycles. The number of hydrogen-bond acceptors (Lipinski definition) is 9. The minimum Gasteiger partial charge on any atom is -0.394 e. The van der Waals surface area contributed by atoms with Gasteiger partial charge in [-0.3, -0.25) is 4.79 Å². The van der Waals surface area contributed by atoms with Crippen LogP contribution in [-0.4, -0.2) is 88.1 Å². The van der Waals surface area contributed by atoms with Crippen molar-refractivity contribution in [1.29, 1.82) is 0 Å². The molecule has 0 aromatic heterocycles. The summed E-state index contributed by atoms with van der Waals surface area (Å²) in [5.41, 5.74) is 0. The highest BCUT2D eigenvalue weighted by atomic mass is 16.6. The fourth-order valence-electron chi connectivity index (χ4n) is 2.14. The molecule has 9 nitrogen and oxygen atoms in total. The lowest BCUT2D eigenvalue weighted by atomic mass is 10.1. The standard InChI is InChI=1S/C15H29NO6.C6H14O2/c1-14(2)13-15(17)3-5-19-7-9-21-11-12-22-10-8-20-6-4-16-18;1-2-3-4-6(8)5-7/h14H,3-13H2,1-2H3;6-8H,2-5H2,1H3. The molecule has 0 saturated heterocycles. The Kier molecular flexibility index (Phi) is 27.1. The number of Topliss-reactive ketones (excluding diaryl/α,β-unsaturated/α-hetero) is 1. The van der Waals surface area contributed by atoms with Crippen LogP contribution in [-0.2, 0) is 23.7 Å². The number of hydrogen-bond donors (Lipinski definition) is 2. The first-order valence-corrected chi connectivity index (χ1v) is 10.9. The van der Waals surface area contributed by atoms with Gasteiger partial charge in [-0.1, -0.05) is 38.8 Å². The molecule has 0 amide bonds. The first kappa shape index (κ1) is 31.2. The van der Waals surface area contributed by atoms with Crippen LogP contribution in [0.4, 0.5) is 0 Å². The lowest BCUT2D eigenvalue weighted by Crippen LogP contribution is -2.13. The van der Waals surface area contributed by atoms with Gasteiger partial charge in [-0.15, -0.1) is 0 Å². The second-order valence-corrected chi connectivity index (χ2v) is 7.17. The normalized spacial score (nSPS) is 11.8. The fraction of sp³-hybridized carbons (Fsp3) is 0.952. The Morgan fingerprint density at radius 3 is 1.83 bits per heavy atom. The van der Waals surface area contributed by atoms with Crippen LogP contribution in [0.2, 0.25) is 0 Å². The van der Waals surface area contributed by atoms with E-state index in [1.54, 1.807) is 0 Å². The Morgan fingerprint density at radius 1 is 0.900 bits per heavy atom. The molecule has 9 heteroatoms. The van der Waals surface area contributed by atoms with E-state index >= 15 is 0 Å². The number of unbranched alkanes of at least 4 members (excludes halogenated alkanes) is 1. The number of ether oxygens (including phenoxy) is 4. The molecule has 0 aromatic carbocycles. The summed E-state index contributed by atoms with van der Waals surface area (Å²) in [4.78, 5) is 21.2. The summed E-state index contributed by atoms with van der Waals surface area (Å²) in [5, 5.41) is 19.7. The average Bonchev–Trinajstić information content (AvgIpc) is 2.72. The van der Waals surface area contributed by atoms with Gasteiger partial charge < -0.3 is 29.2 Å². The zero-order valence-electron chi connectivity index (χ0n) is 19.1. The number of rotatable bonds is 21. The predicted octanol–water partition coefficient (Wildman–Crippen LogP) is 2.35. The van der Waals surface area contributed by atoms with Gasteiger partial charge in [0.05, 0.1) is 65.6 Å². The van der Waals surface area contributed by atoms with E-state index in [-0.39, 0.29) is 18.9 Å². The van der Waals surface area contributed by atoms with Gasteiger partial charge in [0, 0.05) is 12.8 Å². The van der Waals surface area contributed by atoms with Crippen LogP contribution in [0.15, 0.2) is 5.18 Å². The maximum absolute atomic E-state index is 11.4. The van der Waals surface area contributed by atoms with Crippen molar-refractivity contribution in [2.24, 2.45) is 11.1 Å². The van der Waals surface area contributed by atoms with Crippen molar-refractivity contribution in [3.05, 3.63) is 4.91 Å². The summed E-state index contributed by atoms with van der Waals surface area (Å²) >= 11 is 0. The van der Waals surface area contributed by atoms with E-state index in [0.29, 0.717) is 71.6 Å². The molecule has 0 aliphatic heterocycles. The van der Waals surface area contributed by atoms with E-state index in [0.717, 1.165) is 19.3 Å².